The molecule has 4 rings (SSSR count). The summed E-state index contributed by atoms with van der Waals surface area (Å²) in [6.07, 6.45) is 4.30. The lowest BCUT2D eigenvalue weighted by molar-refractivity contribution is 0.0981. The molecule has 0 amide bonds. The van der Waals surface area contributed by atoms with Crippen LogP contribution in [-0.2, 0) is 0 Å². The van der Waals surface area contributed by atoms with Crippen LogP contribution in [0.4, 0.5) is 0 Å². The van der Waals surface area contributed by atoms with E-state index in [1.54, 1.807) is 23.5 Å². The second-order valence-corrected chi connectivity index (χ2v) is 11.6. The van der Waals surface area contributed by atoms with Gasteiger partial charge < -0.3 is 19.2 Å². The zero-order valence-corrected chi connectivity index (χ0v) is 22.2. The highest BCUT2D eigenvalue weighted by Crippen LogP contribution is 2.29. The van der Waals surface area contributed by atoms with E-state index in [0.29, 0.717) is 12.0 Å². The van der Waals surface area contributed by atoms with Gasteiger partial charge in [0.05, 0.1) is 19.2 Å². The first-order valence-corrected chi connectivity index (χ1v) is 14.6. The Morgan fingerprint density at radius 3 is 2.53 bits per heavy atom. The third-order valence-corrected chi connectivity index (χ3v) is 8.00. The van der Waals surface area contributed by atoms with Gasteiger partial charge in [0, 0.05) is 37.5 Å². The Kier molecular flexibility index (Phi) is 8.52. The number of benzene rings is 2. The highest BCUT2D eigenvalue weighted by molar-refractivity contribution is 8.03. The van der Waals surface area contributed by atoms with E-state index in [1.807, 2.05) is 36.4 Å². The van der Waals surface area contributed by atoms with E-state index in [-0.39, 0.29) is 17.6 Å². The van der Waals surface area contributed by atoms with Crippen molar-refractivity contribution in [3.8, 4) is 34.1 Å². The molecule has 1 saturated heterocycles. The first-order chi connectivity index (χ1) is 17.4. The molecular weight excluding hydrogens is 488 g/mol. The molecular formula is C27H29N4O3SSi. The lowest BCUT2D eigenvalue weighted by Gasteiger charge is -2.26. The molecule has 9 heteroatoms. The molecule has 1 aromatic heterocycles. The van der Waals surface area contributed by atoms with Crippen molar-refractivity contribution in [2.24, 2.45) is 0 Å². The van der Waals surface area contributed by atoms with Gasteiger partial charge in [0.15, 0.2) is 0 Å². The second-order valence-electron chi connectivity index (χ2n) is 9.00. The molecule has 0 aliphatic carbocycles. The van der Waals surface area contributed by atoms with Crippen LogP contribution in [0.2, 0.25) is 6.55 Å². The van der Waals surface area contributed by atoms with Crippen LogP contribution in [-0.4, -0.2) is 65.2 Å². The molecule has 2 atom stereocenters. The second kappa shape index (κ2) is 11.8. The monoisotopic (exact) mass is 517 g/mol. The van der Waals surface area contributed by atoms with Gasteiger partial charge in [-0.05, 0) is 65.9 Å². The molecule has 1 aliphatic heterocycles. The third-order valence-electron chi connectivity index (χ3n) is 6.10. The summed E-state index contributed by atoms with van der Waals surface area (Å²) in [6, 6.07) is 18.3. The van der Waals surface area contributed by atoms with Gasteiger partial charge in [-0.15, -0.1) is 0 Å². The molecule has 2 N–H and O–H groups in total. The molecule has 1 aliphatic rings. The van der Waals surface area contributed by atoms with E-state index < -0.39 is 9.04 Å². The molecule has 7 nitrogen and oxygen atoms in total. The highest BCUT2D eigenvalue weighted by Gasteiger charge is 2.35. The number of hydrogen-bond donors (Lipinski definition) is 2. The van der Waals surface area contributed by atoms with Crippen molar-refractivity contribution in [3.05, 3.63) is 66.5 Å². The molecule has 0 unspecified atom stereocenters. The topological polar surface area (TPSA) is 94.5 Å². The molecule has 1 fully saturated rings. The summed E-state index contributed by atoms with van der Waals surface area (Å²) < 4.78 is 8.05. The van der Waals surface area contributed by atoms with Crippen molar-refractivity contribution < 1.29 is 14.6 Å². The average Bonchev–Trinajstić information content (AvgIpc) is 3.50. The van der Waals surface area contributed by atoms with Gasteiger partial charge in [-0.2, -0.15) is 5.26 Å². The number of ether oxygens (including phenoxy) is 1. The number of rotatable bonds is 8. The van der Waals surface area contributed by atoms with Gasteiger partial charge in [0.2, 0.25) is 0 Å². The number of nitriles is 1. The maximum Gasteiger partial charge on any atom is 0.283 e. The fourth-order valence-corrected chi connectivity index (χ4v) is 5.88. The van der Waals surface area contributed by atoms with Crippen molar-refractivity contribution in [2.45, 2.75) is 30.9 Å². The van der Waals surface area contributed by atoms with Crippen molar-refractivity contribution in [2.75, 3.05) is 26.2 Å². The number of aromatic nitrogens is 2. The number of aliphatic hydroxyl groups excluding tert-OH is 1. The Labute approximate surface area is 218 Å². The first kappa shape index (κ1) is 26.0. The number of nitrogens with zero attached hydrogens (tertiary/aromatic N) is 4. The van der Waals surface area contributed by atoms with E-state index in [2.05, 4.69) is 46.2 Å². The number of hydrogen-bond acceptors (Lipinski definition) is 7. The SMILES string of the molecule is C[Si](O)c1nccn1[C@H](CO)SC#Cc1ccc(-c2ccc(O[C@@]3(C)CCN(CC#N)C3)cc2)cc1. The molecule has 0 bridgehead atoms. The normalized spacial score (nSPS) is 18.4. The van der Waals surface area contributed by atoms with E-state index >= 15 is 0 Å². The predicted octanol–water partition coefficient (Wildman–Crippen LogP) is 2.97. The maximum atomic E-state index is 9.95. The summed E-state index contributed by atoms with van der Waals surface area (Å²) in [6.45, 7) is 5.82. The van der Waals surface area contributed by atoms with Gasteiger partial charge in [0.25, 0.3) is 9.04 Å². The van der Waals surface area contributed by atoms with Gasteiger partial charge in [0.1, 0.15) is 22.2 Å². The average molecular weight is 518 g/mol. The van der Waals surface area contributed by atoms with Gasteiger partial charge >= 0.3 is 0 Å². The third kappa shape index (κ3) is 6.38. The van der Waals surface area contributed by atoms with Crippen molar-refractivity contribution in [3.63, 3.8) is 0 Å². The van der Waals surface area contributed by atoms with Crippen LogP contribution in [0, 0.1) is 22.5 Å². The van der Waals surface area contributed by atoms with Gasteiger partial charge in [-0.1, -0.05) is 30.2 Å². The Bertz CT molecular complexity index is 1260. The summed E-state index contributed by atoms with van der Waals surface area (Å²) in [7, 11) is -1.72. The summed E-state index contributed by atoms with van der Waals surface area (Å²) >= 11 is 1.31. The first-order valence-electron chi connectivity index (χ1n) is 11.7. The number of likely N-dealkylation sites (tertiary alicyclic amines) is 1. The van der Waals surface area contributed by atoms with Crippen LogP contribution >= 0.6 is 11.8 Å². The number of imidazole rings is 1. The van der Waals surface area contributed by atoms with E-state index in [9.17, 15) is 9.90 Å². The fourth-order valence-electron chi connectivity index (χ4n) is 4.25. The minimum Gasteiger partial charge on any atom is -0.486 e. The van der Waals surface area contributed by atoms with E-state index in [1.165, 1.54) is 11.8 Å². The molecule has 2 aromatic carbocycles. The smallest absolute Gasteiger partial charge is 0.283 e. The van der Waals surface area contributed by atoms with Crippen LogP contribution in [0.1, 0.15) is 24.3 Å². The minimum atomic E-state index is -1.72. The maximum absolute atomic E-state index is 9.95. The molecule has 0 saturated carbocycles. The van der Waals surface area contributed by atoms with Crippen molar-refractivity contribution >= 4 is 26.2 Å². The fraction of sp³-hybridized carbons (Fsp3) is 0.333. The zero-order valence-electron chi connectivity index (χ0n) is 20.4. The molecule has 1 radical (unpaired) electrons. The molecule has 0 spiro atoms. The highest BCUT2D eigenvalue weighted by atomic mass is 32.2. The van der Waals surface area contributed by atoms with Crippen molar-refractivity contribution in [1.29, 1.82) is 5.26 Å². The largest absolute Gasteiger partial charge is 0.486 e. The molecule has 185 valence electrons. The van der Waals surface area contributed by atoms with Crippen molar-refractivity contribution in [1.82, 2.24) is 14.5 Å². The zero-order chi connectivity index (χ0) is 25.5. The molecule has 3 aromatic rings. The number of aliphatic hydroxyl groups is 1. The Morgan fingerprint density at radius 1 is 1.19 bits per heavy atom. The Balaban J connectivity index is 1.36. The standard InChI is InChI=1S/C27H29N4O3SSi/c1-27(12-15-30(20-27)16-13-28)34-24-9-7-23(8-10-24)22-5-3-21(4-6-22)11-18-35-25(19-32)31-17-14-29-26(31)36(2)33/h3-10,14,17,25,32-33H,12,15-16,19-20H2,1-2H3/t25-,27-/m0/s1. The summed E-state index contributed by atoms with van der Waals surface area (Å²) in [5.41, 5.74) is 3.39. The van der Waals surface area contributed by atoms with Crippen LogP contribution in [0.5, 0.6) is 5.75 Å². The van der Waals surface area contributed by atoms with Crippen LogP contribution in [0.25, 0.3) is 11.1 Å². The quantitative estimate of drug-likeness (QED) is 0.270. The summed E-state index contributed by atoms with van der Waals surface area (Å²) in [4.78, 5) is 16.3. The summed E-state index contributed by atoms with van der Waals surface area (Å²) in [5, 5.41) is 21.5. The number of thioether (sulfide) groups is 1. The lowest BCUT2D eigenvalue weighted by atomic mass is 10.0. The van der Waals surface area contributed by atoms with Crippen LogP contribution < -0.4 is 10.2 Å². The van der Waals surface area contributed by atoms with Gasteiger partial charge in [-0.25, -0.2) is 4.98 Å². The lowest BCUT2D eigenvalue weighted by Crippen LogP contribution is -2.37. The van der Waals surface area contributed by atoms with Crippen LogP contribution in [0.3, 0.4) is 0 Å². The van der Waals surface area contributed by atoms with Gasteiger partial charge in [-0.3, -0.25) is 4.90 Å². The predicted molar refractivity (Wildman–Crippen MR) is 144 cm³/mol. The minimum absolute atomic E-state index is 0.103. The Morgan fingerprint density at radius 2 is 1.89 bits per heavy atom. The van der Waals surface area contributed by atoms with E-state index in [4.69, 9.17) is 10.00 Å². The Hall–Kier alpha value is -3.05. The van der Waals surface area contributed by atoms with E-state index in [0.717, 1.165) is 42.0 Å². The molecule has 2 heterocycles. The molecule has 36 heavy (non-hydrogen) atoms. The summed E-state index contributed by atoms with van der Waals surface area (Å²) in [5.74, 6) is 3.96. The van der Waals surface area contributed by atoms with Crippen LogP contribution in [0.15, 0.2) is 60.9 Å².